The summed E-state index contributed by atoms with van der Waals surface area (Å²) in [6.07, 6.45) is 4.13. The van der Waals surface area contributed by atoms with E-state index in [1.807, 2.05) is 6.92 Å². The summed E-state index contributed by atoms with van der Waals surface area (Å²) >= 11 is 8.10. The minimum absolute atomic E-state index is 0.0179. The van der Waals surface area contributed by atoms with Gasteiger partial charge in [-0.3, -0.25) is 0 Å². The second kappa shape index (κ2) is 7.40. The Labute approximate surface area is 147 Å². The number of nitrogens with two attached hydrogens (primary N) is 1. The fourth-order valence-corrected chi connectivity index (χ4v) is 8.54. The van der Waals surface area contributed by atoms with E-state index in [1.54, 1.807) is 10.4 Å². The fourth-order valence-electron chi connectivity index (χ4n) is 3.05. The first-order chi connectivity index (χ1) is 9.91. The minimum atomic E-state index is -3.49. The van der Waals surface area contributed by atoms with Gasteiger partial charge in [-0.25, -0.2) is 8.42 Å². The van der Waals surface area contributed by atoms with Crippen LogP contribution in [-0.2, 0) is 10.0 Å². The van der Waals surface area contributed by atoms with E-state index in [0.29, 0.717) is 21.8 Å². The third kappa shape index (κ3) is 3.72. The molecule has 2 atom stereocenters. The Morgan fingerprint density at radius 2 is 2.05 bits per heavy atom. The third-order valence-corrected chi connectivity index (χ3v) is 8.82. The molecule has 1 heterocycles. The zero-order chi connectivity index (χ0) is 15.6. The molecule has 8 heteroatoms. The fraction of sp³-hybridized carbons (Fsp3) is 0.692. The Morgan fingerprint density at radius 3 is 2.57 bits per heavy atom. The molecule has 0 saturated heterocycles. The van der Waals surface area contributed by atoms with E-state index in [4.69, 9.17) is 5.73 Å². The molecule has 0 bridgehead atoms. The molecule has 120 valence electrons. The lowest BCUT2D eigenvalue weighted by Crippen LogP contribution is -2.47. The van der Waals surface area contributed by atoms with E-state index in [9.17, 15) is 8.42 Å². The van der Waals surface area contributed by atoms with Gasteiger partial charge in [-0.2, -0.15) is 4.31 Å². The van der Waals surface area contributed by atoms with Gasteiger partial charge in [0.15, 0.2) is 0 Å². The Bertz CT molecular complexity index is 589. The van der Waals surface area contributed by atoms with Crippen molar-refractivity contribution in [1.82, 2.24) is 4.31 Å². The van der Waals surface area contributed by atoms with E-state index >= 15 is 0 Å². The monoisotopic (exact) mass is 458 g/mol. The molecular weight excluding hydrogens is 440 g/mol. The van der Waals surface area contributed by atoms with Crippen LogP contribution >= 0.6 is 43.2 Å². The number of hydrogen-bond acceptors (Lipinski definition) is 4. The molecule has 1 aromatic heterocycles. The lowest BCUT2D eigenvalue weighted by molar-refractivity contribution is 0.187. The van der Waals surface area contributed by atoms with Crippen molar-refractivity contribution in [2.24, 2.45) is 11.7 Å². The van der Waals surface area contributed by atoms with Gasteiger partial charge in [0.2, 0.25) is 10.0 Å². The maximum atomic E-state index is 13.0. The molecule has 21 heavy (non-hydrogen) atoms. The van der Waals surface area contributed by atoms with E-state index in [-0.39, 0.29) is 12.0 Å². The van der Waals surface area contributed by atoms with Crippen molar-refractivity contribution < 1.29 is 8.42 Å². The van der Waals surface area contributed by atoms with Crippen LogP contribution in [0.25, 0.3) is 0 Å². The van der Waals surface area contributed by atoms with Gasteiger partial charge in [-0.05, 0) is 63.2 Å². The summed E-state index contributed by atoms with van der Waals surface area (Å²) in [4.78, 5) is 0.350. The maximum Gasteiger partial charge on any atom is 0.245 e. The predicted molar refractivity (Wildman–Crippen MR) is 94.1 cm³/mol. The second-order valence-corrected chi connectivity index (χ2v) is 10.9. The van der Waals surface area contributed by atoms with Crippen LogP contribution in [0.1, 0.15) is 32.6 Å². The van der Waals surface area contributed by atoms with Crippen LogP contribution in [0.5, 0.6) is 0 Å². The van der Waals surface area contributed by atoms with Gasteiger partial charge in [-0.1, -0.05) is 19.8 Å². The zero-order valence-electron chi connectivity index (χ0n) is 11.9. The molecule has 0 amide bonds. The number of nitrogens with zero attached hydrogens (tertiary/aromatic N) is 1. The average molecular weight is 460 g/mol. The van der Waals surface area contributed by atoms with Crippen LogP contribution in [0.4, 0.5) is 0 Å². The Morgan fingerprint density at radius 1 is 1.38 bits per heavy atom. The molecule has 1 fully saturated rings. The molecule has 1 aromatic rings. The summed E-state index contributed by atoms with van der Waals surface area (Å²) in [5.74, 6) is 0.259. The standard InChI is InChI=1S/C13H20Br2N2O2S2/c1-2-17(10-6-4-3-5-9(10)8-16)21(18,19)11-7-12(14)20-13(11)15/h7,9-10H,2-6,8,16H2,1H3. The van der Waals surface area contributed by atoms with Crippen LogP contribution in [0.2, 0.25) is 0 Å². The second-order valence-electron chi connectivity index (χ2n) is 5.24. The molecule has 2 unspecified atom stereocenters. The Kier molecular flexibility index (Phi) is 6.30. The number of hydrogen-bond donors (Lipinski definition) is 1. The van der Waals surface area contributed by atoms with Crippen molar-refractivity contribution in [1.29, 1.82) is 0 Å². The van der Waals surface area contributed by atoms with Crippen LogP contribution in [-0.4, -0.2) is 31.9 Å². The third-order valence-electron chi connectivity index (χ3n) is 4.07. The van der Waals surface area contributed by atoms with E-state index in [1.165, 1.54) is 11.3 Å². The summed E-state index contributed by atoms with van der Waals surface area (Å²) in [5.41, 5.74) is 5.87. The molecular formula is C13H20Br2N2O2S2. The average Bonchev–Trinajstić information content (AvgIpc) is 2.79. The van der Waals surface area contributed by atoms with E-state index in [0.717, 1.165) is 29.5 Å². The van der Waals surface area contributed by atoms with Crippen molar-refractivity contribution >= 4 is 53.2 Å². The van der Waals surface area contributed by atoms with Crippen molar-refractivity contribution in [2.45, 2.75) is 43.5 Å². The number of sulfonamides is 1. The molecule has 1 aliphatic rings. The quantitative estimate of drug-likeness (QED) is 0.728. The van der Waals surface area contributed by atoms with Gasteiger partial charge in [0.1, 0.15) is 4.90 Å². The summed E-state index contributed by atoms with van der Waals surface area (Å²) in [5, 5.41) is 0. The van der Waals surface area contributed by atoms with Gasteiger partial charge in [0, 0.05) is 12.6 Å². The number of thiophene rings is 1. The summed E-state index contributed by atoms with van der Waals surface area (Å²) in [6.45, 7) is 2.92. The van der Waals surface area contributed by atoms with Crippen molar-refractivity contribution in [2.75, 3.05) is 13.1 Å². The molecule has 0 spiro atoms. The summed E-state index contributed by atoms with van der Waals surface area (Å²) in [7, 11) is -3.49. The zero-order valence-corrected chi connectivity index (χ0v) is 16.7. The SMILES string of the molecule is CCN(C1CCCCC1CN)S(=O)(=O)c1cc(Br)sc1Br. The maximum absolute atomic E-state index is 13.0. The van der Waals surface area contributed by atoms with Gasteiger partial charge >= 0.3 is 0 Å². The first-order valence-electron chi connectivity index (χ1n) is 7.08. The van der Waals surface area contributed by atoms with Gasteiger partial charge in [-0.15, -0.1) is 11.3 Å². The molecule has 2 rings (SSSR count). The normalized spacial score (nSPS) is 23.7. The summed E-state index contributed by atoms with van der Waals surface area (Å²) < 4.78 is 29.1. The van der Waals surface area contributed by atoms with Gasteiger partial charge in [0.25, 0.3) is 0 Å². The predicted octanol–water partition coefficient (Wildman–Crippen LogP) is 3.80. The number of rotatable bonds is 5. The highest BCUT2D eigenvalue weighted by atomic mass is 79.9. The summed E-state index contributed by atoms with van der Waals surface area (Å²) in [6, 6.07) is 1.69. The Balaban J connectivity index is 2.37. The van der Waals surface area contributed by atoms with Crippen molar-refractivity contribution in [3.05, 3.63) is 13.6 Å². The Hall–Kier alpha value is 0.530. The van der Waals surface area contributed by atoms with Crippen LogP contribution in [0.3, 0.4) is 0 Å². The van der Waals surface area contributed by atoms with Crippen molar-refractivity contribution in [3.63, 3.8) is 0 Å². The smallest absolute Gasteiger partial charge is 0.245 e. The highest BCUT2D eigenvalue weighted by Crippen LogP contribution is 2.38. The number of halogens is 2. The molecule has 2 N–H and O–H groups in total. The lowest BCUT2D eigenvalue weighted by Gasteiger charge is -2.38. The van der Waals surface area contributed by atoms with E-state index in [2.05, 4.69) is 31.9 Å². The molecule has 0 aromatic carbocycles. The minimum Gasteiger partial charge on any atom is -0.330 e. The molecule has 1 aliphatic carbocycles. The molecule has 1 saturated carbocycles. The van der Waals surface area contributed by atoms with Crippen molar-refractivity contribution in [3.8, 4) is 0 Å². The molecule has 0 aliphatic heterocycles. The van der Waals surface area contributed by atoms with Crippen LogP contribution < -0.4 is 5.73 Å². The van der Waals surface area contributed by atoms with Gasteiger partial charge < -0.3 is 5.73 Å². The van der Waals surface area contributed by atoms with Crippen LogP contribution in [0.15, 0.2) is 18.5 Å². The first kappa shape index (κ1) is 17.9. The largest absolute Gasteiger partial charge is 0.330 e. The van der Waals surface area contributed by atoms with Gasteiger partial charge in [0.05, 0.1) is 7.57 Å². The van der Waals surface area contributed by atoms with Crippen LogP contribution in [0, 0.1) is 5.92 Å². The molecule has 4 nitrogen and oxygen atoms in total. The van der Waals surface area contributed by atoms with E-state index < -0.39 is 10.0 Å². The highest BCUT2D eigenvalue weighted by molar-refractivity contribution is 9.12. The highest BCUT2D eigenvalue weighted by Gasteiger charge is 2.37. The topological polar surface area (TPSA) is 63.4 Å². The molecule has 0 radical (unpaired) electrons. The lowest BCUT2D eigenvalue weighted by atomic mass is 9.84. The first-order valence-corrected chi connectivity index (χ1v) is 10.9.